The number of imidazole rings is 1. The number of nitrogens with zero attached hydrogens (tertiary/aromatic N) is 3. The number of nitrogens with one attached hydrogen (secondary N) is 2. The molecule has 0 unspecified atom stereocenters. The van der Waals surface area contributed by atoms with Crippen LogP contribution in [0.2, 0.25) is 0 Å². The van der Waals surface area contributed by atoms with Crippen molar-refractivity contribution >= 4 is 11.0 Å². The van der Waals surface area contributed by atoms with Crippen LogP contribution in [0.25, 0.3) is 11.0 Å². The van der Waals surface area contributed by atoms with Crippen molar-refractivity contribution in [1.82, 2.24) is 25.1 Å². The third kappa shape index (κ3) is 2.94. The molecular weight excluding hydrogens is 310 g/mol. The van der Waals surface area contributed by atoms with Gasteiger partial charge in [0, 0.05) is 24.8 Å². The summed E-state index contributed by atoms with van der Waals surface area (Å²) < 4.78 is 2.17. The lowest BCUT2D eigenvalue weighted by Gasteiger charge is -2.19. The third-order valence-corrected chi connectivity index (χ3v) is 4.64. The number of hydrogen-bond donors (Lipinski definition) is 2. The zero-order chi connectivity index (χ0) is 17.2. The Kier molecular flexibility index (Phi) is 4.07. The lowest BCUT2D eigenvalue weighted by molar-refractivity contribution is 0.560. The van der Waals surface area contributed by atoms with E-state index in [-0.39, 0.29) is 6.04 Å². The second kappa shape index (κ2) is 6.53. The second-order valence-corrected chi connectivity index (χ2v) is 6.26. The molecule has 25 heavy (non-hydrogen) atoms. The monoisotopic (exact) mass is 331 g/mol. The molecule has 0 aliphatic rings. The van der Waals surface area contributed by atoms with E-state index in [0.29, 0.717) is 0 Å². The van der Waals surface area contributed by atoms with Gasteiger partial charge in [-0.1, -0.05) is 42.5 Å². The molecular formula is C20H21N5. The van der Waals surface area contributed by atoms with Gasteiger partial charge >= 0.3 is 0 Å². The summed E-state index contributed by atoms with van der Waals surface area (Å²) in [7, 11) is 2.07. The predicted octanol–water partition coefficient (Wildman–Crippen LogP) is 3.48. The van der Waals surface area contributed by atoms with Crippen LogP contribution >= 0.6 is 0 Å². The number of rotatable bonds is 5. The largest absolute Gasteiger partial charge is 0.330 e. The van der Waals surface area contributed by atoms with E-state index in [9.17, 15) is 0 Å². The molecule has 0 aliphatic carbocycles. The molecule has 0 fully saturated rings. The summed E-state index contributed by atoms with van der Waals surface area (Å²) in [4.78, 5) is 4.89. The Bertz CT molecular complexity index is 984. The normalized spacial score (nSPS) is 12.6. The van der Waals surface area contributed by atoms with Crippen molar-refractivity contribution in [1.29, 1.82) is 0 Å². The van der Waals surface area contributed by atoms with Gasteiger partial charge in [-0.3, -0.25) is 10.4 Å². The van der Waals surface area contributed by atoms with Gasteiger partial charge in [0.1, 0.15) is 5.82 Å². The van der Waals surface area contributed by atoms with Gasteiger partial charge in [-0.25, -0.2) is 4.98 Å². The van der Waals surface area contributed by atoms with Crippen molar-refractivity contribution in [3.05, 3.63) is 83.4 Å². The Morgan fingerprint density at radius 3 is 2.56 bits per heavy atom. The third-order valence-electron chi connectivity index (χ3n) is 4.64. The van der Waals surface area contributed by atoms with Crippen molar-refractivity contribution in [2.24, 2.45) is 7.05 Å². The summed E-state index contributed by atoms with van der Waals surface area (Å²) in [6.45, 7) is 2.77. The van der Waals surface area contributed by atoms with Gasteiger partial charge in [-0.05, 0) is 24.6 Å². The molecule has 126 valence electrons. The molecule has 2 N–H and O–H groups in total. The van der Waals surface area contributed by atoms with Crippen LogP contribution < -0.4 is 5.32 Å². The molecule has 0 spiro atoms. The first-order valence-electron chi connectivity index (χ1n) is 8.42. The quantitative estimate of drug-likeness (QED) is 0.588. The average Bonchev–Trinajstić information content (AvgIpc) is 3.20. The van der Waals surface area contributed by atoms with E-state index in [1.165, 1.54) is 11.1 Å². The number of para-hydroxylation sites is 2. The molecule has 4 aromatic rings. The maximum absolute atomic E-state index is 4.89. The van der Waals surface area contributed by atoms with Crippen LogP contribution in [0.3, 0.4) is 0 Å². The van der Waals surface area contributed by atoms with E-state index in [4.69, 9.17) is 4.98 Å². The number of hydrogen-bond acceptors (Lipinski definition) is 3. The smallest absolute Gasteiger partial charge is 0.131 e. The van der Waals surface area contributed by atoms with E-state index < -0.39 is 0 Å². The van der Waals surface area contributed by atoms with Crippen LogP contribution in [0.5, 0.6) is 0 Å². The number of aromatic amines is 1. The predicted molar refractivity (Wildman–Crippen MR) is 99.2 cm³/mol. The molecule has 2 aromatic heterocycles. The number of aromatic nitrogens is 4. The van der Waals surface area contributed by atoms with E-state index in [1.807, 2.05) is 31.3 Å². The number of aryl methyl sites for hydroxylation is 2. The fourth-order valence-electron chi connectivity index (χ4n) is 3.19. The van der Waals surface area contributed by atoms with Gasteiger partial charge in [0.15, 0.2) is 0 Å². The highest BCUT2D eigenvalue weighted by atomic mass is 15.1. The standard InChI is InChI=1S/C20H21N5/c1-14-16(13-22-24-14)12-21-19(15-8-4-3-5-9-15)20-23-17-10-6-7-11-18(17)25(20)2/h3-11,13,19,21H,12H2,1-2H3,(H,22,24)/t19-/m0/s1. The van der Waals surface area contributed by atoms with Crippen LogP contribution in [-0.2, 0) is 13.6 Å². The summed E-state index contributed by atoms with van der Waals surface area (Å²) in [5.74, 6) is 1.01. The van der Waals surface area contributed by atoms with Crippen molar-refractivity contribution in [2.75, 3.05) is 0 Å². The molecule has 2 aromatic carbocycles. The maximum Gasteiger partial charge on any atom is 0.131 e. The average molecular weight is 331 g/mol. The molecule has 4 rings (SSSR count). The van der Waals surface area contributed by atoms with Crippen LogP contribution in [-0.4, -0.2) is 19.7 Å². The fourth-order valence-corrected chi connectivity index (χ4v) is 3.19. The summed E-state index contributed by atoms with van der Waals surface area (Å²) in [6, 6.07) is 18.7. The topological polar surface area (TPSA) is 58.5 Å². The van der Waals surface area contributed by atoms with Gasteiger partial charge in [-0.2, -0.15) is 5.10 Å². The minimum atomic E-state index is 0.00731. The van der Waals surface area contributed by atoms with E-state index in [2.05, 4.69) is 63.5 Å². The second-order valence-electron chi connectivity index (χ2n) is 6.26. The molecule has 5 heteroatoms. The Balaban J connectivity index is 1.74. The highest BCUT2D eigenvalue weighted by Crippen LogP contribution is 2.25. The van der Waals surface area contributed by atoms with Crippen LogP contribution in [0.15, 0.2) is 60.8 Å². The number of fused-ring (bicyclic) bond motifs is 1. The maximum atomic E-state index is 4.89. The van der Waals surface area contributed by atoms with E-state index in [1.54, 1.807) is 0 Å². The van der Waals surface area contributed by atoms with Crippen LogP contribution in [0, 0.1) is 6.92 Å². The SMILES string of the molecule is Cc1[nH]ncc1CN[C@@H](c1ccccc1)c1nc2ccccc2n1C. The Labute approximate surface area is 146 Å². The molecule has 5 nitrogen and oxygen atoms in total. The first kappa shape index (κ1) is 15.6. The van der Waals surface area contributed by atoms with Gasteiger partial charge < -0.3 is 4.57 Å². The highest BCUT2D eigenvalue weighted by molar-refractivity contribution is 5.76. The van der Waals surface area contributed by atoms with Crippen molar-refractivity contribution in [3.63, 3.8) is 0 Å². The van der Waals surface area contributed by atoms with E-state index in [0.717, 1.165) is 29.1 Å². The molecule has 0 saturated heterocycles. The lowest BCUT2D eigenvalue weighted by atomic mass is 10.1. The van der Waals surface area contributed by atoms with Crippen LogP contribution in [0.4, 0.5) is 0 Å². The minimum absolute atomic E-state index is 0.00731. The van der Waals surface area contributed by atoms with Crippen LogP contribution in [0.1, 0.15) is 28.7 Å². The molecule has 0 aliphatic heterocycles. The Morgan fingerprint density at radius 2 is 1.84 bits per heavy atom. The number of benzene rings is 2. The summed E-state index contributed by atoms with van der Waals surface area (Å²) in [5.41, 5.74) is 5.60. The molecule has 2 heterocycles. The van der Waals surface area contributed by atoms with Gasteiger partial charge in [0.2, 0.25) is 0 Å². The molecule has 0 radical (unpaired) electrons. The summed E-state index contributed by atoms with van der Waals surface area (Å²) >= 11 is 0. The van der Waals surface area contributed by atoms with Gasteiger partial charge in [-0.15, -0.1) is 0 Å². The first-order valence-corrected chi connectivity index (χ1v) is 8.42. The van der Waals surface area contributed by atoms with Crippen molar-refractivity contribution in [3.8, 4) is 0 Å². The van der Waals surface area contributed by atoms with Gasteiger partial charge in [0.05, 0.1) is 23.3 Å². The fraction of sp³-hybridized carbons (Fsp3) is 0.200. The zero-order valence-corrected chi connectivity index (χ0v) is 14.4. The Hall–Kier alpha value is -2.92. The van der Waals surface area contributed by atoms with Crippen molar-refractivity contribution < 1.29 is 0 Å². The molecule has 0 amide bonds. The van der Waals surface area contributed by atoms with Crippen molar-refractivity contribution in [2.45, 2.75) is 19.5 Å². The zero-order valence-electron chi connectivity index (χ0n) is 14.4. The lowest BCUT2D eigenvalue weighted by Crippen LogP contribution is -2.25. The Morgan fingerprint density at radius 1 is 1.08 bits per heavy atom. The molecule has 0 saturated carbocycles. The summed E-state index contributed by atoms with van der Waals surface area (Å²) in [6.07, 6.45) is 1.87. The highest BCUT2D eigenvalue weighted by Gasteiger charge is 2.20. The minimum Gasteiger partial charge on any atom is -0.330 e. The molecule has 1 atom stereocenters. The van der Waals surface area contributed by atoms with Gasteiger partial charge in [0.25, 0.3) is 0 Å². The summed E-state index contributed by atoms with van der Waals surface area (Å²) in [5, 5.41) is 10.8. The number of H-pyrrole nitrogens is 1. The molecule has 0 bridgehead atoms. The van der Waals surface area contributed by atoms with E-state index >= 15 is 0 Å². The first-order chi connectivity index (χ1) is 12.2.